The van der Waals surface area contributed by atoms with E-state index in [2.05, 4.69) is 36.6 Å². The average Bonchev–Trinajstić information content (AvgIpc) is 2.53. The van der Waals surface area contributed by atoms with Crippen LogP contribution < -0.4 is 15.4 Å². The lowest BCUT2D eigenvalue weighted by Gasteiger charge is -2.28. The summed E-state index contributed by atoms with van der Waals surface area (Å²) in [4.78, 5) is 12.2. The fraction of sp³-hybridized carbons (Fsp3) is 0.588. The van der Waals surface area contributed by atoms with E-state index in [9.17, 15) is 4.79 Å². The van der Waals surface area contributed by atoms with Crippen molar-refractivity contribution in [2.75, 3.05) is 20.2 Å². The van der Waals surface area contributed by atoms with Crippen LogP contribution in [-0.2, 0) is 10.2 Å². The number of nitrogens with one attached hydrogen (secondary N) is 2. The summed E-state index contributed by atoms with van der Waals surface area (Å²) in [5, 5.41) is 6.37. The third-order valence-electron chi connectivity index (χ3n) is 4.20. The lowest BCUT2D eigenvalue weighted by atomic mass is 9.84. The largest absolute Gasteiger partial charge is 0.497 e. The predicted molar refractivity (Wildman–Crippen MR) is 84.7 cm³/mol. The molecule has 0 saturated carbocycles. The van der Waals surface area contributed by atoms with E-state index in [1.165, 1.54) is 12.0 Å². The second kappa shape index (κ2) is 6.94. The fourth-order valence-corrected chi connectivity index (χ4v) is 2.65. The molecule has 1 amide bonds. The number of benzene rings is 1. The molecule has 4 heteroatoms. The van der Waals surface area contributed by atoms with Crippen molar-refractivity contribution in [3.05, 3.63) is 29.8 Å². The first-order chi connectivity index (χ1) is 10.0. The minimum absolute atomic E-state index is 0.0228. The molecule has 1 fully saturated rings. The van der Waals surface area contributed by atoms with Gasteiger partial charge in [-0.15, -0.1) is 0 Å². The molecule has 1 aromatic carbocycles. The maximum atomic E-state index is 12.2. The number of methoxy groups -OCH3 is 1. The molecule has 1 heterocycles. The summed E-state index contributed by atoms with van der Waals surface area (Å²) in [6, 6.07) is 8.02. The van der Waals surface area contributed by atoms with E-state index in [1.54, 1.807) is 7.11 Å². The number of hydrogen-bond donors (Lipinski definition) is 2. The quantitative estimate of drug-likeness (QED) is 0.874. The lowest BCUT2D eigenvalue weighted by Crippen LogP contribution is -2.49. The molecule has 0 aliphatic carbocycles. The van der Waals surface area contributed by atoms with Crippen LogP contribution in [0, 0.1) is 0 Å². The minimum atomic E-state index is -0.101. The zero-order chi connectivity index (χ0) is 15.3. The smallest absolute Gasteiger partial charge is 0.237 e. The van der Waals surface area contributed by atoms with Crippen molar-refractivity contribution in [3.63, 3.8) is 0 Å². The molecule has 1 aromatic rings. The summed E-state index contributed by atoms with van der Waals surface area (Å²) in [5.41, 5.74) is 1.09. The van der Waals surface area contributed by atoms with Gasteiger partial charge < -0.3 is 15.4 Å². The second-order valence-electron chi connectivity index (χ2n) is 6.33. The van der Waals surface area contributed by atoms with E-state index >= 15 is 0 Å². The highest BCUT2D eigenvalue weighted by molar-refractivity contribution is 5.81. The Morgan fingerprint density at radius 3 is 2.62 bits per heavy atom. The first-order valence-electron chi connectivity index (χ1n) is 7.68. The Bertz CT molecular complexity index is 462. The number of rotatable bonds is 5. The molecule has 0 spiro atoms. The van der Waals surface area contributed by atoms with Gasteiger partial charge in [0.2, 0.25) is 5.91 Å². The van der Waals surface area contributed by atoms with Crippen LogP contribution in [0.2, 0.25) is 0 Å². The molecular weight excluding hydrogens is 264 g/mol. The topological polar surface area (TPSA) is 50.4 Å². The molecule has 1 aliphatic rings. The number of carbonyl (C=O) groups is 1. The lowest BCUT2D eigenvalue weighted by molar-refractivity contribution is -0.123. The van der Waals surface area contributed by atoms with Crippen molar-refractivity contribution in [2.24, 2.45) is 0 Å². The van der Waals surface area contributed by atoms with Crippen molar-refractivity contribution in [1.82, 2.24) is 10.6 Å². The number of carbonyl (C=O) groups excluding carboxylic acids is 1. The first-order valence-corrected chi connectivity index (χ1v) is 7.68. The SMILES string of the molecule is COc1ccc(C(C)(C)CNC(=O)C2CCCCN2)cc1. The molecule has 116 valence electrons. The fourth-order valence-electron chi connectivity index (χ4n) is 2.65. The van der Waals surface area contributed by atoms with E-state index in [0.717, 1.165) is 25.1 Å². The monoisotopic (exact) mass is 290 g/mol. The van der Waals surface area contributed by atoms with E-state index in [0.29, 0.717) is 6.54 Å². The van der Waals surface area contributed by atoms with Crippen LogP contribution in [0.1, 0.15) is 38.7 Å². The van der Waals surface area contributed by atoms with Gasteiger partial charge in [-0.2, -0.15) is 0 Å². The third-order valence-corrected chi connectivity index (χ3v) is 4.20. The number of ether oxygens (including phenoxy) is 1. The van der Waals surface area contributed by atoms with Gasteiger partial charge in [0.25, 0.3) is 0 Å². The maximum Gasteiger partial charge on any atom is 0.237 e. The van der Waals surface area contributed by atoms with E-state index in [1.807, 2.05) is 12.1 Å². The maximum absolute atomic E-state index is 12.2. The van der Waals surface area contributed by atoms with Crippen LogP contribution in [0.3, 0.4) is 0 Å². The van der Waals surface area contributed by atoms with Crippen molar-refractivity contribution >= 4 is 5.91 Å². The van der Waals surface area contributed by atoms with Crippen LogP contribution in [-0.4, -0.2) is 32.1 Å². The number of piperidine rings is 1. The highest BCUT2D eigenvalue weighted by Gasteiger charge is 2.25. The summed E-state index contributed by atoms with van der Waals surface area (Å²) < 4.78 is 5.18. The van der Waals surface area contributed by atoms with E-state index in [4.69, 9.17) is 4.74 Å². The Kier molecular flexibility index (Phi) is 5.23. The second-order valence-corrected chi connectivity index (χ2v) is 6.33. The van der Waals surface area contributed by atoms with Crippen LogP contribution >= 0.6 is 0 Å². The molecule has 0 bridgehead atoms. The highest BCUT2D eigenvalue weighted by Crippen LogP contribution is 2.24. The van der Waals surface area contributed by atoms with Crippen molar-refractivity contribution < 1.29 is 9.53 Å². The van der Waals surface area contributed by atoms with Crippen molar-refractivity contribution in [3.8, 4) is 5.75 Å². The highest BCUT2D eigenvalue weighted by atomic mass is 16.5. The zero-order valence-corrected chi connectivity index (χ0v) is 13.2. The Morgan fingerprint density at radius 2 is 2.05 bits per heavy atom. The minimum Gasteiger partial charge on any atom is -0.497 e. The molecule has 21 heavy (non-hydrogen) atoms. The van der Waals surface area contributed by atoms with Gasteiger partial charge >= 0.3 is 0 Å². The number of amides is 1. The molecule has 1 unspecified atom stereocenters. The molecule has 2 rings (SSSR count). The van der Waals surface area contributed by atoms with Gasteiger partial charge in [0.15, 0.2) is 0 Å². The van der Waals surface area contributed by atoms with Crippen LogP contribution in [0.5, 0.6) is 5.75 Å². The third kappa shape index (κ3) is 4.21. The van der Waals surface area contributed by atoms with Gasteiger partial charge in [0.1, 0.15) is 5.75 Å². The summed E-state index contributed by atoms with van der Waals surface area (Å²) in [5.74, 6) is 0.973. The predicted octanol–water partition coefficient (Wildman–Crippen LogP) is 2.23. The number of hydrogen-bond acceptors (Lipinski definition) is 3. The normalized spacial score (nSPS) is 19.1. The summed E-state index contributed by atoms with van der Waals surface area (Å²) in [7, 11) is 1.66. The molecule has 4 nitrogen and oxygen atoms in total. The van der Waals surface area contributed by atoms with E-state index < -0.39 is 0 Å². The summed E-state index contributed by atoms with van der Waals surface area (Å²) in [6.45, 7) is 5.86. The molecule has 0 aromatic heterocycles. The van der Waals surface area contributed by atoms with Gasteiger partial charge in [-0.1, -0.05) is 32.4 Å². The molecule has 2 N–H and O–H groups in total. The zero-order valence-electron chi connectivity index (χ0n) is 13.2. The standard InChI is InChI=1S/C17H26N2O2/c1-17(2,13-7-9-14(21-3)10-8-13)12-19-16(20)15-6-4-5-11-18-15/h7-10,15,18H,4-6,11-12H2,1-3H3,(H,19,20). The van der Waals surface area contributed by atoms with Crippen molar-refractivity contribution in [2.45, 2.75) is 44.6 Å². The Hall–Kier alpha value is -1.55. The van der Waals surface area contributed by atoms with Gasteiger partial charge in [-0.05, 0) is 37.1 Å². The van der Waals surface area contributed by atoms with Gasteiger partial charge in [-0.3, -0.25) is 4.79 Å². The summed E-state index contributed by atoms with van der Waals surface area (Å²) >= 11 is 0. The first kappa shape index (κ1) is 15.8. The summed E-state index contributed by atoms with van der Waals surface area (Å²) in [6.07, 6.45) is 3.24. The Morgan fingerprint density at radius 1 is 1.33 bits per heavy atom. The van der Waals surface area contributed by atoms with Gasteiger partial charge in [0, 0.05) is 12.0 Å². The Balaban J connectivity index is 1.91. The van der Waals surface area contributed by atoms with Gasteiger partial charge in [0.05, 0.1) is 13.2 Å². The molecule has 1 saturated heterocycles. The van der Waals surface area contributed by atoms with Crippen LogP contribution in [0.25, 0.3) is 0 Å². The molecular formula is C17H26N2O2. The molecule has 0 radical (unpaired) electrons. The molecule has 1 aliphatic heterocycles. The Labute approximate surface area is 127 Å². The van der Waals surface area contributed by atoms with Crippen molar-refractivity contribution in [1.29, 1.82) is 0 Å². The van der Waals surface area contributed by atoms with Gasteiger partial charge in [-0.25, -0.2) is 0 Å². The van der Waals surface area contributed by atoms with Crippen LogP contribution in [0.4, 0.5) is 0 Å². The van der Waals surface area contributed by atoms with Crippen LogP contribution in [0.15, 0.2) is 24.3 Å². The average molecular weight is 290 g/mol. The molecule has 1 atom stereocenters. The van der Waals surface area contributed by atoms with E-state index in [-0.39, 0.29) is 17.4 Å².